The molecule has 2 rings (SSSR count). The Balaban J connectivity index is 1.97. The van der Waals surface area contributed by atoms with E-state index in [0.717, 1.165) is 12.1 Å². The number of pyridine rings is 1. The minimum atomic E-state index is -0.479. The van der Waals surface area contributed by atoms with Crippen molar-refractivity contribution in [1.29, 1.82) is 0 Å². The molecule has 1 unspecified atom stereocenters. The van der Waals surface area contributed by atoms with E-state index in [9.17, 15) is 0 Å². The van der Waals surface area contributed by atoms with Crippen molar-refractivity contribution in [3.8, 4) is 0 Å². The number of hydrogen-bond acceptors (Lipinski definition) is 4. The van der Waals surface area contributed by atoms with Crippen LogP contribution in [0.5, 0.6) is 0 Å². The smallest absolute Gasteiger partial charge is 0.163 e. The second-order valence-corrected chi connectivity index (χ2v) is 4.67. The van der Waals surface area contributed by atoms with E-state index >= 15 is 0 Å². The molecule has 2 atom stereocenters. The molecule has 0 spiro atoms. The van der Waals surface area contributed by atoms with E-state index in [1.165, 1.54) is 0 Å². The molecule has 1 aliphatic heterocycles. The van der Waals surface area contributed by atoms with Crippen molar-refractivity contribution >= 4 is 0 Å². The molecule has 1 aromatic rings. The predicted molar refractivity (Wildman–Crippen MR) is 63.5 cm³/mol. The van der Waals surface area contributed by atoms with Crippen LogP contribution in [0.25, 0.3) is 0 Å². The van der Waals surface area contributed by atoms with Gasteiger partial charge in [-0.05, 0) is 26.0 Å². The molecule has 1 aromatic heterocycles. The van der Waals surface area contributed by atoms with Gasteiger partial charge in [-0.1, -0.05) is 6.07 Å². The van der Waals surface area contributed by atoms with Crippen molar-refractivity contribution in [2.24, 2.45) is 0 Å². The maximum absolute atomic E-state index is 5.77. The highest BCUT2D eigenvalue weighted by Gasteiger charge is 2.34. The van der Waals surface area contributed by atoms with E-state index in [0.29, 0.717) is 6.61 Å². The second kappa shape index (κ2) is 5.12. The van der Waals surface area contributed by atoms with E-state index in [2.05, 4.69) is 4.98 Å². The van der Waals surface area contributed by atoms with Gasteiger partial charge in [-0.3, -0.25) is 4.98 Å². The molecule has 94 valence electrons. The highest BCUT2D eigenvalue weighted by Crippen LogP contribution is 2.29. The summed E-state index contributed by atoms with van der Waals surface area (Å²) in [6.07, 6.45) is 2.56. The fourth-order valence-corrected chi connectivity index (χ4v) is 2.02. The Bertz CT molecular complexity index is 353. The largest absolute Gasteiger partial charge is 0.375 e. The summed E-state index contributed by atoms with van der Waals surface area (Å²) in [5.41, 5.74) is 0.934. The van der Waals surface area contributed by atoms with Crippen LogP contribution in [0.1, 0.15) is 32.1 Å². The zero-order chi connectivity index (χ0) is 12.3. The molecular formula is C13H19NO3. The summed E-state index contributed by atoms with van der Waals surface area (Å²) in [5.74, 6) is -0.479. The number of ether oxygens (including phenoxy) is 3. The third-order valence-corrected chi connectivity index (χ3v) is 2.85. The molecule has 4 heteroatoms. The zero-order valence-electron chi connectivity index (χ0n) is 10.6. The van der Waals surface area contributed by atoms with Gasteiger partial charge >= 0.3 is 0 Å². The number of methoxy groups -OCH3 is 1. The van der Waals surface area contributed by atoms with E-state index in [1.54, 1.807) is 13.3 Å². The van der Waals surface area contributed by atoms with Crippen LogP contribution in [0.3, 0.4) is 0 Å². The highest BCUT2D eigenvalue weighted by atomic mass is 16.7. The van der Waals surface area contributed by atoms with Crippen molar-refractivity contribution in [2.45, 2.75) is 38.3 Å². The fraction of sp³-hybridized carbons (Fsp3) is 0.615. The minimum Gasteiger partial charge on any atom is -0.375 e. The predicted octanol–water partition coefficient (Wildman–Crippen LogP) is 2.31. The highest BCUT2D eigenvalue weighted by molar-refractivity contribution is 5.07. The SMILES string of the molecule is COC(C[C@H]1COC(C)(C)O1)c1ccccn1. The molecule has 0 aliphatic carbocycles. The van der Waals surface area contributed by atoms with Gasteiger partial charge < -0.3 is 14.2 Å². The van der Waals surface area contributed by atoms with Gasteiger partial charge in [-0.2, -0.15) is 0 Å². The monoisotopic (exact) mass is 237 g/mol. The molecule has 0 saturated carbocycles. The number of hydrogen-bond donors (Lipinski definition) is 0. The van der Waals surface area contributed by atoms with Crippen molar-refractivity contribution in [2.75, 3.05) is 13.7 Å². The molecule has 17 heavy (non-hydrogen) atoms. The summed E-state index contributed by atoms with van der Waals surface area (Å²) in [4.78, 5) is 4.31. The van der Waals surface area contributed by atoms with Crippen LogP contribution in [0.15, 0.2) is 24.4 Å². The van der Waals surface area contributed by atoms with Crippen LogP contribution in [-0.4, -0.2) is 30.6 Å². The number of aromatic nitrogens is 1. The molecule has 0 N–H and O–H groups in total. The molecule has 1 fully saturated rings. The first-order chi connectivity index (χ1) is 8.11. The van der Waals surface area contributed by atoms with Crippen molar-refractivity contribution in [3.63, 3.8) is 0 Å². The lowest BCUT2D eigenvalue weighted by Gasteiger charge is -2.20. The van der Waals surface area contributed by atoms with Crippen LogP contribution < -0.4 is 0 Å². The average molecular weight is 237 g/mol. The van der Waals surface area contributed by atoms with E-state index < -0.39 is 5.79 Å². The molecule has 0 bridgehead atoms. The van der Waals surface area contributed by atoms with E-state index in [-0.39, 0.29) is 12.2 Å². The van der Waals surface area contributed by atoms with Gasteiger partial charge in [-0.25, -0.2) is 0 Å². The Kier molecular flexibility index (Phi) is 3.76. The van der Waals surface area contributed by atoms with Crippen LogP contribution in [0.4, 0.5) is 0 Å². The van der Waals surface area contributed by atoms with Gasteiger partial charge in [0.25, 0.3) is 0 Å². The quantitative estimate of drug-likeness (QED) is 0.805. The maximum Gasteiger partial charge on any atom is 0.163 e. The van der Waals surface area contributed by atoms with E-state index in [4.69, 9.17) is 14.2 Å². The Morgan fingerprint density at radius 2 is 2.35 bits per heavy atom. The summed E-state index contributed by atoms with van der Waals surface area (Å²) in [7, 11) is 1.69. The maximum atomic E-state index is 5.77. The van der Waals surface area contributed by atoms with Crippen molar-refractivity contribution in [3.05, 3.63) is 30.1 Å². The van der Waals surface area contributed by atoms with Crippen molar-refractivity contribution < 1.29 is 14.2 Å². The first kappa shape index (κ1) is 12.5. The molecular weight excluding hydrogens is 218 g/mol. The lowest BCUT2D eigenvalue weighted by molar-refractivity contribution is -0.142. The summed E-state index contributed by atoms with van der Waals surface area (Å²) >= 11 is 0. The van der Waals surface area contributed by atoms with Crippen LogP contribution in [0.2, 0.25) is 0 Å². The standard InChI is InChI=1S/C13H19NO3/c1-13(2)16-9-10(17-13)8-12(15-3)11-6-4-5-7-14-11/h4-7,10,12H,8-9H2,1-3H3/t10-,12?/m0/s1. The topological polar surface area (TPSA) is 40.6 Å². The molecule has 0 radical (unpaired) electrons. The molecule has 2 heterocycles. The van der Waals surface area contributed by atoms with Crippen molar-refractivity contribution in [1.82, 2.24) is 4.98 Å². The van der Waals surface area contributed by atoms with Crippen LogP contribution >= 0.6 is 0 Å². The zero-order valence-corrected chi connectivity index (χ0v) is 10.6. The fourth-order valence-electron chi connectivity index (χ4n) is 2.02. The third kappa shape index (κ3) is 3.25. The van der Waals surface area contributed by atoms with Gasteiger partial charge in [0, 0.05) is 19.7 Å². The van der Waals surface area contributed by atoms with E-state index in [1.807, 2.05) is 32.0 Å². The Labute approximate surface area is 102 Å². The molecule has 0 amide bonds. The first-order valence-electron chi connectivity index (χ1n) is 5.86. The Hall–Kier alpha value is -0.970. The van der Waals surface area contributed by atoms with Crippen LogP contribution in [0, 0.1) is 0 Å². The summed E-state index contributed by atoms with van der Waals surface area (Å²) < 4.78 is 16.8. The molecule has 1 saturated heterocycles. The van der Waals surface area contributed by atoms with Gasteiger partial charge in [0.1, 0.15) is 6.10 Å². The lowest BCUT2D eigenvalue weighted by atomic mass is 10.1. The summed E-state index contributed by atoms with van der Waals surface area (Å²) in [6, 6.07) is 5.83. The summed E-state index contributed by atoms with van der Waals surface area (Å²) in [6.45, 7) is 4.46. The van der Waals surface area contributed by atoms with Gasteiger partial charge in [-0.15, -0.1) is 0 Å². The van der Waals surface area contributed by atoms with Gasteiger partial charge in [0.05, 0.1) is 18.4 Å². The minimum absolute atomic E-state index is 0.0429. The Morgan fingerprint density at radius 3 is 2.88 bits per heavy atom. The van der Waals surface area contributed by atoms with Crippen LogP contribution in [-0.2, 0) is 14.2 Å². The Morgan fingerprint density at radius 1 is 1.53 bits per heavy atom. The third-order valence-electron chi connectivity index (χ3n) is 2.85. The second-order valence-electron chi connectivity index (χ2n) is 4.67. The summed E-state index contributed by atoms with van der Waals surface area (Å²) in [5, 5.41) is 0. The van der Waals surface area contributed by atoms with Gasteiger partial charge in [0.2, 0.25) is 0 Å². The average Bonchev–Trinajstić information content (AvgIpc) is 2.67. The molecule has 1 aliphatic rings. The normalized spacial score (nSPS) is 24.8. The molecule has 0 aromatic carbocycles. The lowest BCUT2D eigenvalue weighted by Crippen LogP contribution is -2.23. The number of rotatable bonds is 4. The van der Waals surface area contributed by atoms with Gasteiger partial charge in [0.15, 0.2) is 5.79 Å². The number of nitrogens with zero attached hydrogens (tertiary/aromatic N) is 1. The first-order valence-corrected chi connectivity index (χ1v) is 5.86. The molecule has 4 nitrogen and oxygen atoms in total.